The Kier molecular flexibility index (Phi) is 5.81. The molecule has 1 amide bonds. The number of carbonyl (C=O) groups excluding carboxylic acids is 1. The van der Waals surface area contributed by atoms with E-state index in [2.05, 4.69) is 35.0 Å². The summed E-state index contributed by atoms with van der Waals surface area (Å²) >= 11 is 1.47. The number of morpholine rings is 1. The van der Waals surface area contributed by atoms with E-state index in [9.17, 15) is 4.79 Å². The van der Waals surface area contributed by atoms with Crippen molar-refractivity contribution in [2.75, 3.05) is 44.3 Å². The predicted octanol–water partition coefficient (Wildman–Crippen LogP) is 3.14. The topological polar surface area (TPSA) is 45.1 Å². The second kappa shape index (κ2) is 8.06. The summed E-state index contributed by atoms with van der Waals surface area (Å²) in [7, 11) is 0. The SMILES string of the molecule is CCN=C1S/C(=C/c2ccc(N3CCOCC3)cc2C)C(=O)N1CC. The highest BCUT2D eigenvalue weighted by atomic mass is 32.2. The lowest BCUT2D eigenvalue weighted by atomic mass is 10.1. The van der Waals surface area contributed by atoms with Gasteiger partial charge >= 0.3 is 0 Å². The van der Waals surface area contributed by atoms with Gasteiger partial charge in [-0.15, -0.1) is 0 Å². The molecule has 0 radical (unpaired) electrons. The van der Waals surface area contributed by atoms with Gasteiger partial charge in [0.1, 0.15) is 0 Å². The monoisotopic (exact) mass is 359 g/mol. The molecule has 0 aliphatic carbocycles. The smallest absolute Gasteiger partial charge is 0.266 e. The van der Waals surface area contributed by atoms with Gasteiger partial charge in [0, 0.05) is 31.9 Å². The van der Waals surface area contributed by atoms with Crippen LogP contribution >= 0.6 is 11.8 Å². The molecule has 2 heterocycles. The Morgan fingerprint density at radius 1 is 1.28 bits per heavy atom. The van der Waals surface area contributed by atoms with Crippen LogP contribution < -0.4 is 4.90 Å². The van der Waals surface area contributed by atoms with Crippen LogP contribution in [0.15, 0.2) is 28.1 Å². The number of aliphatic imine (C=N–C) groups is 1. The number of likely N-dealkylation sites (N-methyl/N-ethyl adjacent to an activating group) is 1. The lowest BCUT2D eigenvalue weighted by Crippen LogP contribution is -2.36. The fourth-order valence-electron chi connectivity index (χ4n) is 3.02. The number of hydrogen-bond donors (Lipinski definition) is 0. The molecule has 1 aromatic rings. The number of hydrogen-bond acceptors (Lipinski definition) is 5. The van der Waals surface area contributed by atoms with Crippen LogP contribution in [0, 0.1) is 6.92 Å². The Bertz CT molecular complexity index is 709. The zero-order valence-corrected chi connectivity index (χ0v) is 15.9. The molecule has 0 unspecified atom stereocenters. The summed E-state index contributed by atoms with van der Waals surface area (Å²) in [6.07, 6.45) is 1.99. The molecule has 0 atom stereocenters. The first kappa shape index (κ1) is 18.0. The Labute approximate surface area is 153 Å². The van der Waals surface area contributed by atoms with Crippen LogP contribution in [0.5, 0.6) is 0 Å². The third-order valence-corrected chi connectivity index (χ3v) is 5.46. The van der Waals surface area contributed by atoms with E-state index in [0.717, 1.165) is 41.9 Å². The van der Waals surface area contributed by atoms with E-state index >= 15 is 0 Å². The molecular weight excluding hydrogens is 334 g/mol. The Morgan fingerprint density at radius 2 is 2.04 bits per heavy atom. The maximum atomic E-state index is 12.6. The second-order valence-corrected chi connectivity index (χ2v) is 7.07. The molecule has 3 rings (SSSR count). The lowest BCUT2D eigenvalue weighted by molar-refractivity contribution is -0.122. The van der Waals surface area contributed by atoms with Gasteiger partial charge < -0.3 is 9.64 Å². The third-order valence-electron chi connectivity index (χ3n) is 4.41. The van der Waals surface area contributed by atoms with Crippen molar-refractivity contribution in [2.45, 2.75) is 20.8 Å². The van der Waals surface area contributed by atoms with Crippen LogP contribution in [0.25, 0.3) is 6.08 Å². The first-order chi connectivity index (χ1) is 12.1. The number of nitrogens with zero attached hydrogens (tertiary/aromatic N) is 3. The standard InChI is InChI=1S/C19H25N3O2S/c1-4-20-19-22(5-2)18(23)17(25-19)13-15-6-7-16(12-14(15)3)21-8-10-24-11-9-21/h6-7,12-13H,4-5,8-11H2,1-3H3/b17-13+,20-19?. The van der Waals surface area contributed by atoms with Gasteiger partial charge in [0.25, 0.3) is 5.91 Å². The molecule has 2 fully saturated rings. The van der Waals surface area contributed by atoms with Gasteiger partial charge in [-0.25, -0.2) is 0 Å². The highest BCUT2D eigenvalue weighted by molar-refractivity contribution is 8.18. The largest absolute Gasteiger partial charge is 0.378 e. The van der Waals surface area contributed by atoms with Gasteiger partial charge in [-0.05, 0) is 61.9 Å². The quantitative estimate of drug-likeness (QED) is 0.775. The van der Waals surface area contributed by atoms with Crippen molar-refractivity contribution >= 4 is 34.6 Å². The number of amidine groups is 1. The molecule has 6 heteroatoms. The normalized spacial score (nSPS) is 21.6. The van der Waals surface area contributed by atoms with Gasteiger partial charge in [-0.1, -0.05) is 6.07 Å². The van der Waals surface area contributed by atoms with Gasteiger partial charge in [-0.2, -0.15) is 0 Å². The average Bonchev–Trinajstić information content (AvgIpc) is 2.92. The first-order valence-corrected chi connectivity index (χ1v) is 9.65. The van der Waals surface area contributed by atoms with Crippen molar-refractivity contribution in [3.63, 3.8) is 0 Å². The van der Waals surface area contributed by atoms with E-state index in [4.69, 9.17) is 4.74 Å². The van der Waals surface area contributed by atoms with Gasteiger partial charge in [0.05, 0.1) is 18.1 Å². The van der Waals surface area contributed by atoms with Crippen LogP contribution in [0.1, 0.15) is 25.0 Å². The van der Waals surface area contributed by atoms with Crippen LogP contribution in [0.4, 0.5) is 5.69 Å². The summed E-state index contributed by atoms with van der Waals surface area (Å²) in [6.45, 7) is 10.8. The number of anilines is 1. The van der Waals surface area contributed by atoms with Crippen molar-refractivity contribution in [3.05, 3.63) is 34.2 Å². The summed E-state index contributed by atoms with van der Waals surface area (Å²) in [5.41, 5.74) is 3.48. The van der Waals surface area contributed by atoms with Crippen LogP contribution in [0.2, 0.25) is 0 Å². The van der Waals surface area contributed by atoms with Crippen molar-refractivity contribution in [3.8, 4) is 0 Å². The van der Waals surface area contributed by atoms with Crippen molar-refractivity contribution in [1.29, 1.82) is 0 Å². The number of thioether (sulfide) groups is 1. The van der Waals surface area contributed by atoms with Crippen molar-refractivity contribution < 1.29 is 9.53 Å². The number of carbonyl (C=O) groups is 1. The molecule has 0 aromatic heterocycles. The first-order valence-electron chi connectivity index (χ1n) is 8.83. The Balaban J connectivity index is 1.83. The molecule has 25 heavy (non-hydrogen) atoms. The summed E-state index contributed by atoms with van der Waals surface area (Å²) in [5, 5.41) is 0.809. The van der Waals surface area contributed by atoms with Gasteiger partial charge in [0.2, 0.25) is 0 Å². The van der Waals surface area contributed by atoms with Crippen LogP contribution in [0.3, 0.4) is 0 Å². The number of amides is 1. The minimum atomic E-state index is 0.0522. The molecule has 1 aromatic carbocycles. The van der Waals surface area contributed by atoms with E-state index in [0.29, 0.717) is 13.1 Å². The van der Waals surface area contributed by atoms with Crippen molar-refractivity contribution in [1.82, 2.24) is 4.90 Å². The minimum Gasteiger partial charge on any atom is -0.378 e. The Hall–Kier alpha value is -1.79. The highest BCUT2D eigenvalue weighted by Crippen LogP contribution is 2.33. The van der Waals surface area contributed by atoms with Gasteiger partial charge in [0.15, 0.2) is 5.17 Å². The predicted molar refractivity (Wildman–Crippen MR) is 105 cm³/mol. The maximum Gasteiger partial charge on any atom is 0.266 e. The van der Waals surface area contributed by atoms with Gasteiger partial charge in [-0.3, -0.25) is 14.7 Å². The van der Waals surface area contributed by atoms with Crippen LogP contribution in [-0.2, 0) is 9.53 Å². The van der Waals surface area contributed by atoms with E-state index in [-0.39, 0.29) is 5.91 Å². The molecule has 0 bridgehead atoms. The molecule has 2 aliphatic heterocycles. The molecule has 5 nitrogen and oxygen atoms in total. The lowest BCUT2D eigenvalue weighted by Gasteiger charge is -2.29. The molecule has 0 spiro atoms. The molecule has 0 N–H and O–H groups in total. The summed E-state index contributed by atoms with van der Waals surface area (Å²) < 4.78 is 5.42. The van der Waals surface area contributed by atoms with E-state index in [1.54, 1.807) is 4.90 Å². The number of ether oxygens (including phenoxy) is 1. The van der Waals surface area contributed by atoms with Crippen LogP contribution in [-0.4, -0.2) is 55.4 Å². The molecule has 0 saturated carbocycles. The third kappa shape index (κ3) is 3.90. The molecule has 2 aliphatic rings. The maximum absolute atomic E-state index is 12.6. The fourth-order valence-corrected chi connectivity index (χ4v) is 4.12. The number of rotatable bonds is 4. The Morgan fingerprint density at radius 3 is 2.68 bits per heavy atom. The number of aryl methyl sites for hydroxylation is 1. The fraction of sp³-hybridized carbons (Fsp3) is 0.474. The zero-order valence-electron chi connectivity index (χ0n) is 15.1. The number of benzene rings is 1. The zero-order chi connectivity index (χ0) is 17.8. The molecule has 134 valence electrons. The minimum absolute atomic E-state index is 0.0522. The summed E-state index contributed by atoms with van der Waals surface area (Å²) in [6, 6.07) is 6.43. The highest BCUT2D eigenvalue weighted by Gasteiger charge is 2.31. The summed E-state index contributed by atoms with van der Waals surface area (Å²) in [4.78, 5) is 21.9. The van der Waals surface area contributed by atoms with E-state index in [1.807, 2.05) is 19.9 Å². The van der Waals surface area contributed by atoms with E-state index in [1.165, 1.54) is 23.0 Å². The summed E-state index contributed by atoms with van der Waals surface area (Å²) in [5.74, 6) is 0.0522. The van der Waals surface area contributed by atoms with E-state index < -0.39 is 0 Å². The second-order valence-electron chi connectivity index (χ2n) is 6.06. The molecule has 2 saturated heterocycles. The molecular formula is C19H25N3O2S. The average molecular weight is 359 g/mol. The van der Waals surface area contributed by atoms with Crippen molar-refractivity contribution in [2.24, 2.45) is 4.99 Å².